The number of aryl methyl sites for hydroxylation is 1. The van der Waals surface area contributed by atoms with Crippen molar-refractivity contribution in [2.24, 2.45) is 16.1 Å². The second-order valence-corrected chi connectivity index (χ2v) is 8.33. The topological polar surface area (TPSA) is 112 Å². The number of hydrogen-bond donors (Lipinski definition) is 3. The summed E-state index contributed by atoms with van der Waals surface area (Å²) in [5, 5.41) is 10.9. The highest BCUT2D eigenvalue weighted by atomic mass is 35.5. The molecular formula is C21H20ClN7S. The van der Waals surface area contributed by atoms with Gasteiger partial charge in [-0.2, -0.15) is 5.10 Å². The van der Waals surface area contributed by atoms with E-state index in [4.69, 9.17) is 32.9 Å². The highest BCUT2D eigenvalue weighted by Crippen LogP contribution is 2.37. The van der Waals surface area contributed by atoms with Gasteiger partial charge in [0.1, 0.15) is 5.82 Å². The van der Waals surface area contributed by atoms with Crippen LogP contribution in [-0.4, -0.2) is 21.6 Å². The maximum absolute atomic E-state index is 7.07. The molecule has 2 aromatic carbocycles. The summed E-state index contributed by atoms with van der Waals surface area (Å²) in [7, 11) is 0. The third-order valence-corrected chi connectivity index (χ3v) is 6.13. The average Bonchev–Trinajstić information content (AvgIpc) is 2.78. The van der Waals surface area contributed by atoms with Crippen LogP contribution in [0.25, 0.3) is 11.4 Å². The molecule has 9 heteroatoms. The summed E-state index contributed by atoms with van der Waals surface area (Å²) in [6, 6.07) is 15.4. The molecule has 2 heterocycles. The van der Waals surface area contributed by atoms with Gasteiger partial charge in [0, 0.05) is 22.7 Å². The number of fused-ring (bicyclic) bond motifs is 1. The van der Waals surface area contributed by atoms with Gasteiger partial charge in [0.15, 0.2) is 11.7 Å². The SMILES string of the molecule is N=NC(Cc1ccc(Nc2nc(-c3cccc(Cl)c3)nc3c2SCCC3)cc1)=NN. The van der Waals surface area contributed by atoms with Crippen LogP contribution < -0.4 is 11.2 Å². The molecule has 0 spiro atoms. The molecule has 1 aliphatic heterocycles. The Hall–Kier alpha value is -2.97. The van der Waals surface area contributed by atoms with Gasteiger partial charge in [-0.1, -0.05) is 35.9 Å². The van der Waals surface area contributed by atoms with Gasteiger partial charge < -0.3 is 11.2 Å². The Morgan fingerprint density at radius 3 is 2.77 bits per heavy atom. The molecule has 0 radical (unpaired) electrons. The first kappa shape index (κ1) is 20.3. The fraction of sp³-hybridized carbons (Fsp3) is 0.190. The monoisotopic (exact) mass is 437 g/mol. The zero-order chi connectivity index (χ0) is 20.9. The van der Waals surface area contributed by atoms with Crippen molar-refractivity contribution in [2.75, 3.05) is 11.1 Å². The molecule has 1 aromatic heterocycles. The fourth-order valence-corrected chi connectivity index (χ4v) is 4.44. The lowest BCUT2D eigenvalue weighted by molar-refractivity contribution is 0.834. The second kappa shape index (κ2) is 9.23. The lowest BCUT2D eigenvalue weighted by Crippen LogP contribution is -2.09. The molecule has 0 amide bonds. The smallest absolute Gasteiger partial charge is 0.174 e. The molecule has 0 saturated carbocycles. The van der Waals surface area contributed by atoms with Gasteiger partial charge in [-0.3, -0.25) is 0 Å². The normalized spacial score (nSPS) is 13.6. The molecule has 0 bridgehead atoms. The predicted octanol–water partition coefficient (Wildman–Crippen LogP) is 5.42. The molecule has 0 aliphatic carbocycles. The molecule has 4 rings (SSSR count). The van der Waals surface area contributed by atoms with Crippen LogP contribution in [0.15, 0.2) is 63.6 Å². The third kappa shape index (κ3) is 4.60. The van der Waals surface area contributed by atoms with Crippen LogP contribution in [-0.2, 0) is 12.8 Å². The maximum atomic E-state index is 7.07. The largest absolute Gasteiger partial charge is 0.339 e. The minimum Gasteiger partial charge on any atom is -0.339 e. The average molecular weight is 438 g/mol. The molecule has 30 heavy (non-hydrogen) atoms. The summed E-state index contributed by atoms with van der Waals surface area (Å²) < 4.78 is 0. The maximum Gasteiger partial charge on any atom is 0.174 e. The molecule has 0 atom stereocenters. The van der Waals surface area contributed by atoms with E-state index >= 15 is 0 Å². The highest BCUT2D eigenvalue weighted by molar-refractivity contribution is 7.99. The molecule has 0 unspecified atom stereocenters. The summed E-state index contributed by atoms with van der Waals surface area (Å²) in [5.74, 6) is 8.04. The number of halogens is 1. The summed E-state index contributed by atoms with van der Waals surface area (Å²) in [6.07, 6.45) is 2.45. The summed E-state index contributed by atoms with van der Waals surface area (Å²) in [6.45, 7) is 0. The van der Waals surface area contributed by atoms with Crippen LogP contribution >= 0.6 is 23.4 Å². The number of aromatic nitrogens is 2. The van der Waals surface area contributed by atoms with Crippen molar-refractivity contribution in [3.8, 4) is 11.4 Å². The first-order valence-corrected chi connectivity index (χ1v) is 10.8. The van der Waals surface area contributed by atoms with Crippen molar-refractivity contribution < 1.29 is 0 Å². The van der Waals surface area contributed by atoms with Crippen LogP contribution in [0.3, 0.4) is 0 Å². The number of hydrazone groups is 1. The summed E-state index contributed by atoms with van der Waals surface area (Å²) in [5.41, 5.74) is 10.9. The summed E-state index contributed by atoms with van der Waals surface area (Å²) in [4.78, 5) is 10.7. The van der Waals surface area contributed by atoms with Gasteiger partial charge >= 0.3 is 0 Å². The Morgan fingerprint density at radius 2 is 2.03 bits per heavy atom. The fourth-order valence-electron chi connectivity index (χ4n) is 3.21. The van der Waals surface area contributed by atoms with Gasteiger partial charge in [-0.05, 0) is 48.4 Å². The number of thioether (sulfide) groups is 1. The van der Waals surface area contributed by atoms with Crippen LogP contribution in [0.5, 0.6) is 0 Å². The van der Waals surface area contributed by atoms with Gasteiger partial charge in [-0.15, -0.1) is 16.9 Å². The first-order chi connectivity index (χ1) is 14.7. The van der Waals surface area contributed by atoms with Gasteiger partial charge in [0.25, 0.3) is 0 Å². The van der Waals surface area contributed by atoms with Crippen molar-refractivity contribution in [3.63, 3.8) is 0 Å². The second-order valence-electron chi connectivity index (χ2n) is 6.79. The van der Waals surface area contributed by atoms with Gasteiger partial charge in [-0.25, -0.2) is 15.5 Å². The van der Waals surface area contributed by atoms with Crippen molar-refractivity contribution in [1.82, 2.24) is 9.97 Å². The number of anilines is 2. The molecule has 4 N–H and O–H groups in total. The molecule has 1 aliphatic rings. The standard InChI is InChI=1S/C21H20ClN7S/c22-15-4-1-3-14(12-15)20-26-17-5-2-10-30-19(17)21(27-20)25-16-8-6-13(7-9-16)11-18(28-23)29-24/h1,3-4,6-9,12,23H,2,5,10-11,24H2,(H,25,26,27). The Morgan fingerprint density at radius 1 is 1.20 bits per heavy atom. The Balaban J connectivity index is 1.64. The van der Waals surface area contributed by atoms with E-state index < -0.39 is 0 Å². The van der Waals surface area contributed by atoms with E-state index in [1.54, 1.807) is 11.8 Å². The van der Waals surface area contributed by atoms with Crippen molar-refractivity contribution in [1.29, 1.82) is 5.53 Å². The molecule has 152 valence electrons. The van der Waals surface area contributed by atoms with E-state index in [1.807, 2.05) is 48.5 Å². The lowest BCUT2D eigenvalue weighted by atomic mass is 10.1. The Bertz CT molecular complexity index is 1100. The number of amidine groups is 1. The number of nitrogens with zero attached hydrogens (tertiary/aromatic N) is 4. The summed E-state index contributed by atoms with van der Waals surface area (Å²) >= 11 is 7.95. The zero-order valence-corrected chi connectivity index (χ0v) is 17.7. The van der Waals surface area contributed by atoms with Crippen LogP contribution in [0.2, 0.25) is 5.02 Å². The molecule has 7 nitrogen and oxygen atoms in total. The van der Waals surface area contributed by atoms with Gasteiger partial charge in [0.05, 0.1) is 10.6 Å². The van der Waals surface area contributed by atoms with E-state index in [0.29, 0.717) is 17.3 Å². The number of benzene rings is 2. The van der Waals surface area contributed by atoms with Crippen molar-refractivity contribution in [3.05, 3.63) is 64.8 Å². The highest BCUT2D eigenvalue weighted by Gasteiger charge is 2.19. The Labute approximate surface area is 183 Å². The van der Waals surface area contributed by atoms with Crippen molar-refractivity contribution in [2.45, 2.75) is 24.2 Å². The zero-order valence-electron chi connectivity index (χ0n) is 16.1. The first-order valence-electron chi connectivity index (χ1n) is 9.46. The minimum absolute atomic E-state index is 0.281. The van der Waals surface area contributed by atoms with Gasteiger partial charge in [0.2, 0.25) is 0 Å². The van der Waals surface area contributed by atoms with Crippen molar-refractivity contribution >= 4 is 40.7 Å². The molecular weight excluding hydrogens is 418 g/mol. The number of nitrogens with one attached hydrogen (secondary N) is 2. The number of rotatable bonds is 5. The molecule has 0 saturated heterocycles. The van der Waals surface area contributed by atoms with E-state index in [1.165, 1.54) is 0 Å². The molecule has 3 aromatic rings. The number of nitrogens with two attached hydrogens (primary N) is 1. The van der Waals surface area contributed by atoms with E-state index in [9.17, 15) is 0 Å². The van der Waals surface area contributed by atoms with Crippen LogP contribution in [0.4, 0.5) is 11.5 Å². The van der Waals surface area contributed by atoms with E-state index in [-0.39, 0.29) is 5.84 Å². The third-order valence-electron chi connectivity index (χ3n) is 4.68. The Kier molecular flexibility index (Phi) is 6.25. The number of hydrogen-bond acceptors (Lipinski definition) is 7. The van der Waals surface area contributed by atoms with E-state index in [0.717, 1.165) is 51.8 Å². The predicted molar refractivity (Wildman–Crippen MR) is 122 cm³/mol. The molecule has 0 fully saturated rings. The quantitative estimate of drug-likeness (QED) is 0.162. The van der Waals surface area contributed by atoms with E-state index in [2.05, 4.69) is 15.5 Å². The van der Waals surface area contributed by atoms with Crippen LogP contribution in [0.1, 0.15) is 17.7 Å². The minimum atomic E-state index is 0.281. The lowest BCUT2D eigenvalue weighted by Gasteiger charge is -2.19. The van der Waals surface area contributed by atoms with Crippen LogP contribution in [0, 0.1) is 5.53 Å².